The van der Waals surface area contributed by atoms with E-state index in [9.17, 15) is 9.59 Å². The zero-order valence-electron chi connectivity index (χ0n) is 20.5. The maximum atomic E-state index is 12.5. The number of carbonyl (C=O) groups is 2. The molecule has 2 N–H and O–H groups in total. The van der Waals surface area contributed by atoms with Gasteiger partial charge in [-0.1, -0.05) is 6.07 Å². The van der Waals surface area contributed by atoms with E-state index in [0.29, 0.717) is 19.5 Å². The van der Waals surface area contributed by atoms with Crippen LogP contribution < -0.4 is 20.3 Å². The van der Waals surface area contributed by atoms with Crippen LogP contribution in [0.4, 0.5) is 5.69 Å². The van der Waals surface area contributed by atoms with Crippen molar-refractivity contribution in [1.82, 2.24) is 30.1 Å². The Morgan fingerprint density at radius 1 is 1.00 bits per heavy atom. The number of carbonyl (C=O) groups excluding carboxylic acids is 2. The highest BCUT2D eigenvalue weighted by molar-refractivity contribution is 6.35. The lowest BCUT2D eigenvalue weighted by atomic mass is 10.1. The van der Waals surface area contributed by atoms with Gasteiger partial charge in [-0.05, 0) is 42.3 Å². The van der Waals surface area contributed by atoms with Crippen LogP contribution in [0, 0.1) is 0 Å². The average molecular weight is 492 g/mol. The van der Waals surface area contributed by atoms with Crippen molar-refractivity contribution in [2.24, 2.45) is 0 Å². The summed E-state index contributed by atoms with van der Waals surface area (Å²) in [5, 5.41) is 5.52. The molecule has 1 aliphatic heterocycles. The second kappa shape index (κ2) is 12.7. The summed E-state index contributed by atoms with van der Waals surface area (Å²) in [6.07, 6.45) is 9.57. The van der Waals surface area contributed by atoms with Crippen molar-refractivity contribution in [2.75, 3.05) is 51.3 Å². The number of hydrogen-bond acceptors (Lipinski definition) is 7. The SMILES string of the molecule is COc1ccc(N2CCN([C@H](CNC(=O)C(=O)NCCCn3ccnc3)c3cccnc3)CC2)cc1. The zero-order valence-corrected chi connectivity index (χ0v) is 20.5. The van der Waals surface area contributed by atoms with Gasteiger partial charge >= 0.3 is 11.8 Å². The van der Waals surface area contributed by atoms with Crippen molar-refractivity contribution < 1.29 is 14.3 Å². The Morgan fingerprint density at radius 3 is 2.44 bits per heavy atom. The molecule has 4 rings (SSSR count). The fourth-order valence-electron chi connectivity index (χ4n) is 4.35. The third-order valence-electron chi connectivity index (χ3n) is 6.36. The van der Waals surface area contributed by atoms with E-state index in [1.807, 2.05) is 41.2 Å². The van der Waals surface area contributed by atoms with Crippen LogP contribution in [-0.2, 0) is 16.1 Å². The van der Waals surface area contributed by atoms with E-state index in [4.69, 9.17) is 4.74 Å². The molecule has 0 spiro atoms. The number of ether oxygens (including phenoxy) is 1. The number of methoxy groups -OCH3 is 1. The molecular weight excluding hydrogens is 458 g/mol. The molecule has 0 radical (unpaired) electrons. The fraction of sp³-hybridized carbons (Fsp3) is 0.385. The number of rotatable bonds is 10. The minimum Gasteiger partial charge on any atom is -0.497 e. The Labute approximate surface area is 211 Å². The molecule has 0 bridgehead atoms. The van der Waals surface area contributed by atoms with Gasteiger partial charge < -0.3 is 24.8 Å². The van der Waals surface area contributed by atoms with Crippen molar-refractivity contribution in [2.45, 2.75) is 19.0 Å². The summed E-state index contributed by atoms with van der Waals surface area (Å²) in [5.74, 6) is -0.398. The highest BCUT2D eigenvalue weighted by atomic mass is 16.5. The van der Waals surface area contributed by atoms with Crippen LogP contribution in [0.25, 0.3) is 0 Å². The molecule has 1 aliphatic rings. The monoisotopic (exact) mass is 491 g/mol. The van der Waals surface area contributed by atoms with Gasteiger partial charge in [0.15, 0.2) is 0 Å². The summed E-state index contributed by atoms with van der Waals surface area (Å²) in [6.45, 7) is 4.83. The van der Waals surface area contributed by atoms with Crippen molar-refractivity contribution in [3.05, 3.63) is 73.1 Å². The van der Waals surface area contributed by atoms with E-state index in [1.54, 1.807) is 25.8 Å². The van der Waals surface area contributed by atoms with Gasteiger partial charge in [-0.15, -0.1) is 0 Å². The van der Waals surface area contributed by atoms with Crippen LogP contribution in [0.5, 0.6) is 5.75 Å². The first-order valence-electron chi connectivity index (χ1n) is 12.2. The predicted octanol–water partition coefficient (Wildman–Crippen LogP) is 1.47. The summed E-state index contributed by atoms with van der Waals surface area (Å²) in [5.41, 5.74) is 2.17. The molecule has 36 heavy (non-hydrogen) atoms. The molecule has 1 aromatic carbocycles. The number of imidazole rings is 1. The standard InChI is InChI=1S/C26H33N7O3/c1-36-23-7-5-22(6-8-23)32-14-16-33(17-15-32)24(21-4-2-9-27-18-21)19-30-26(35)25(34)29-10-3-12-31-13-11-28-20-31/h2,4-9,11,13,18,20,24H,3,10,12,14-17,19H2,1H3,(H,29,34)(H,30,35)/t24-/m1/s1. The number of nitrogens with zero attached hydrogens (tertiary/aromatic N) is 5. The molecule has 1 fully saturated rings. The van der Waals surface area contributed by atoms with Crippen LogP contribution in [0.3, 0.4) is 0 Å². The number of benzene rings is 1. The second-order valence-electron chi connectivity index (χ2n) is 8.64. The van der Waals surface area contributed by atoms with Crippen molar-refractivity contribution in [3.63, 3.8) is 0 Å². The van der Waals surface area contributed by atoms with Crippen molar-refractivity contribution in [1.29, 1.82) is 0 Å². The molecule has 3 aromatic rings. The number of hydrogen-bond donors (Lipinski definition) is 2. The average Bonchev–Trinajstić information content (AvgIpc) is 3.46. The van der Waals surface area contributed by atoms with Crippen LogP contribution in [0.2, 0.25) is 0 Å². The molecule has 2 aromatic heterocycles. The second-order valence-corrected chi connectivity index (χ2v) is 8.64. The van der Waals surface area contributed by atoms with Gasteiger partial charge in [-0.2, -0.15) is 0 Å². The van der Waals surface area contributed by atoms with Crippen LogP contribution in [0.1, 0.15) is 18.0 Å². The van der Waals surface area contributed by atoms with E-state index < -0.39 is 11.8 Å². The molecule has 0 aliphatic carbocycles. The highest BCUT2D eigenvalue weighted by Crippen LogP contribution is 2.25. The molecule has 10 heteroatoms. The molecule has 0 unspecified atom stereocenters. The van der Waals surface area contributed by atoms with E-state index >= 15 is 0 Å². The van der Waals surface area contributed by atoms with E-state index in [2.05, 4.69) is 42.5 Å². The zero-order chi connectivity index (χ0) is 25.2. The molecule has 3 heterocycles. The maximum Gasteiger partial charge on any atom is 0.309 e. The number of nitrogens with one attached hydrogen (secondary N) is 2. The molecule has 1 saturated heterocycles. The first-order valence-corrected chi connectivity index (χ1v) is 12.2. The van der Waals surface area contributed by atoms with Crippen molar-refractivity contribution >= 4 is 17.5 Å². The summed E-state index contributed by atoms with van der Waals surface area (Å²) in [7, 11) is 1.66. The van der Waals surface area contributed by atoms with Gasteiger partial charge in [-0.3, -0.25) is 19.5 Å². The normalized spacial score (nSPS) is 14.8. The smallest absolute Gasteiger partial charge is 0.309 e. The first-order chi connectivity index (χ1) is 17.6. The Kier molecular flexibility index (Phi) is 8.87. The van der Waals surface area contributed by atoms with Crippen LogP contribution in [0.15, 0.2) is 67.5 Å². The molecule has 2 amide bonds. The number of anilines is 1. The van der Waals surface area contributed by atoms with E-state index in [1.165, 1.54) is 0 Å². The summed E-state index contributed by atoms with van der Waals surface area (Å²) in [6, 6.07) is 11.9. The minimum absolute atomic E-state index is 0.0743. The number of aryl methyl sites for hydroxylation is 1. The Bertz CT molecular complexity index is 1080. The molecule has 10 nitrogen and oxygen atoms in total. The number of pyridine rings is 1. The molecule has 190 valence electrons. The van der Waals surface area contributed by atoms with E-state index in [-0.39, 0.29) is 6.04 Å². The third-order valence-corrected chi connectivity index (χ3v) is 6.36. The van der Waals surface area contributed by atoms with Gasteiger partial charge in [-0.25, -0.2) is 4.98 Å². The highest BCUT2D eigenvalue weighted by Gasteiger charge is 2.26. The van der Waals surface area contributed by atoms with Crippen LogP contribution >= 0.6 is 0 Å². The Hall–Kier alpha value is -3.92. The lowest BCUT2D eigenvalue weighted by Crippen LogP contribution is -2.51. The molecule has 0 saturated carbocycles. The summed E-state index contributed by atoms with van der Waals surface area (Å²) < 4.78 is 7.19. The van der Waals surface area contributed by atoms with Gasteiger partial charge in [0.1, 0.15) is 5.75 Å². The molecular formula is C26H33N7O3. The lowest BCUT2D eigenvalue weighted by Gasteiger charge is -2.40. The number of aromatic nitrogens is 3. The van der Waals surface area contributed by atoms with Crippen molar-refractivity contribution in [3.8, 4) is 5.75 Å². The topological polar surface area (TPSA) is 105 Å². The van der Waals surface area contributed by atoms with Gasteiger partial charge in [0.25, 0.3) is 0 Å². The first kappa shape index (κ1) is 25.2. The predicted molar refractivity (Wildman–Crippen MR) is 137 cm³/mol. The van der Waals surface area contributed by atoms with Crippen LogP contribution in [-0.4, -0.2) is 77.6 Å². The minimum atomic E-state index is -0.622. The van der Waals surface area contributed by atoms with E-state index in [0.717, 1.165) is 49.7 Å². The maximum absolute atomic E-state index is 12.5. The Morgan fingerprint density at radius 2 is 1.78 bits per heavy atom. The fourth-order valence-corrected chi connectivity index (χ4v) is 4.35. The largest absolute Gasteiger partial charge is 0.497 e. The summed E-state index contributed by atoms with van der Waals surface area (Å²) in [4.78, 5) is 37.7. The number of piperazine rings is 1. The lowest BCUT2D eigenvalue weighted by molar-refractivity contribution is -0.139. The summed E-state index contributed by atoms with van der Waals surface area (Å²) >= 11 is 0. The van der Waals surface area contributed by atoms with Gasteiger partial charge in [0.2, 0.25) is 0 Å². The third kappa shape index (κ3) is 6.82. The quantitative estimate of drug-likeness (QED) is 0.327. The van der Waals surface area contributed by atoms with Gasteiger partial charge in [0.05, 0.1) is 19.5 Å². The number of amides is 2. The Balaban J connectivity index is 1.29. The molecule has 1 atom stereocenters. The van der Waals surface area contributed by atoms with Gasteiger partial charge in [0, 0.05) is 76.3 Å².